The first kappa shape index (κ1) is 18.2. The van der Waals surface area contributed by atoms with E-state index in [0.29, 0.717) is 13.0 Å². The first-order chi connectivity index (χ1) is 11.7. The number of hydrogen-bond acceptors (Lipinski definition) is 2. The zero-order valence-electron chi connectivity index (χ0n) is 14.8. The molecule has 0 aromatic heterocycles. The van der Waals surface area contributed by atoms with Crippen LogP contribution in [-0.2, 0) is 24.1 Å². The minimum absolute atomic E-state index is 0.0813. The molecule has 0 bridgehead atoms. The highest BCUT2D eigenvalue weighted by molar-refractivity contribution is 5.92. The van der Waals surface area contributed by atoms with Crippen LogP contribution in [0.1, 0.15) is 37.0 Å². The van der Waals surface area contributed by atoms with Crippen LogP contribution in [0, 0.1) is 0 Å². The minimum atomic E-state index is 0.0813. The fourth-order valence-electron chi connectivity index (χ4n) is 2.81. The molecule has 0 aliphatic heterocycles. The maximum Gasteiger partial charge on any atom is 0.225 e. The number of carbonyl (C=O) groups is 1. The Morgan fingerprint density at radius 2 is 1.54 bits per heavy atom. The van der Waals surface area contributed by atoms with E-state index in [-0.39, 0.29) is 5.91 Å². The average Bonchev–Trinajstić information content (AvgIpc) is 2.62. The highest BCUT2D eigenvalue weighted by Gasteiger charge is 2.09. The zero-order chi connectivity index (χ0) is 17.2. The van der Waals surface area contributed by atoms with Crippen molar-refractivity contribution in [2.24, 2.45) is 0 Å². The van der Waals surface area contributed by atoms with Gasteiger partial charge in [0, 0.05) is 18.7 Å². The Kier molecular flexibility index (Phi) is 7.50. The van der Waals surface area contributed by atoms with Gasteiger partial charge in [-0.15, -0.1) is 0 Å². The molecule has 2 aromatic rings. The van der Waals surface area contributed by atoms with Crippen LogP contribution >= 0.6 is 0 Å². The maximum absolute atomic E-state index is 12.2. The van der Waals surface area contributed by atoms with E-state index in [2.05, 4.69) is 66.9 Å². The zero-order valence-corrected chi connectivity index (χ0v) is 14.8. The number of anilines is 1. The number of amides is 1. The lowest BCUT2D eigenvalue weighted by Crippen LogP contribution is -2.24. The van der Waals surface area contributed by atoms with Crippen molar-refractivity contribution in [1.82, 2.24) is 5.32 Å². The smallest absolute Gasteiger partial charge is 0.225 e. The number of para-hydroxylation sites is 1. The molecule has 0 heterocycles. The van der Waals surface area contributed by atoms with Gasteiger partial charge >= 0.3 is 0 Å². The second-order valence-corrected chi connectivity index (χ2v) is 5.94. The number of carbonyl (C=O) groups excluding carboxylic acids is 1. The number of rotatable bonds is 9. The molecule has 0 atom stereocenters. The SMILES string of the molecule is CCc1cccc(CC)c1NC(=O)CCNCCc1ccccc1. The van der Waals surface area contributed by atoms with Gasteiger partial charge in [0.05, 0.1) is 0 Å². The Balaban J connectivity index is 1.76. The number of benzene rings is 2. The maximum atomic E-state index is 12.2. The predicted molar refractivity (Wildman–Crippen MR) is 101 cm³/mol. The average molecular weight is 324 g/mol. The van der Waals surface area contributed by atoms with E-state index >= 15 is 0 Å². The van der Waals surface area contributed by atoms with E-state index in [0.717, 1.165) is 31.5 Å². The molecule has 0 saturated heterocycles. The molecule has 0 fully saturated rings. The van der Waals surface area contributed by atoms with Gasteiger partial charge in [-0.1, -0.05) is 62.4 Å². The van der Waals surface area contributed by atoms with Gasteiger partial charge in [0.25, 0.3) is 0 Å². The summed E-state index contributed by atoms with van der Waals surface area (Å²) >= 11 is 0. The molecule has 0 spiro atoms. The van der Waals surface area contributed by atoms with E-state index in [1.54, 1.807) is 0 Å². The number of hydrogen-bond donors (Lipinski definition) is 2. The van der Waals surface area contributed by atoms with Crippen LogP contribution in [0.5, 0.6) is 0 Å². The van der Waals surface area contributed by atoms with Gasteiger partial charge in [-0.25, -0.2) is 0 Å². The van der Waals surface area contributed by atoms with Crippen molar-refractivity contribution in [3.63, 3.8) is 0 Å². The summed E-state index contributed by atoms with van der Waals surface area (Å²) in [7, 11) is 0. The summed E-state index contributed by atoms with van der Waals surface area (Å²) in [5.41, 5.74) is 4.75. The van der Waals surface area contributed by atoms with Crippen LogP contribution in [0.25, 0.3) is 0 Å². The normalized spacial score (nSPS) is 10.6. The second kappa shape index (κ2) is 9.89. The fraction of sp³-hybridized carbons (Fsp3) is 0.381. The Morgan fingerprint density at radius 3 is 2.17 bits per heavy atom. The van der Waals surface area contributed by atoms with Crippen LogP contribution < -0.4 is 10.6 Å². The van der Waals surface area contributed by atoms with Crippen molar-refractivity contribution < 1.29 is 4.79 Å². The predicted octanol–water partition coefficient (Wildman–Crippen LogP) is 3.97. The molecule has 3 heteroatoms. The summed E-state index contributed by atoms with van der Waals surface area (Å²) in [5.74, 6) is 0.0813. The van der Waals surface area contributed by atoms with Gasteiger partial charge in [-0.2, -0.15) is 0 Å². The summed E-state index contributed by atoms with van der Waals surface area (Å²) in [6, 6.07) is 16.6. The van der Waals surface area contributed by atoms with Crippen LogP contribution in [0.3, 0.4) is 0 Å². The molecule has 0 aliphatic rings. The quantitative estimate of drug-likeness (QED) is 0.685. The largest absolute Gasteiger partial charge is 0.326 e. The van der Waals surface area contributed by atoms with Gasteiger partial charge in [-0.3, -0.25) is 4.79 Å². The van der Waals surface area contributed by atoms with E-state index in [1.165, 1.54) is 16.7 Å². The minimum Gasteiger partial charge on any atom is -0.326 e. The standard InChI is InChI=1S/C21H28N2O/c1-3-18-11-8-12-19(4-2)21(18)23-20(24)14-16-22-15-13-17-9-6-5-7-10-17/h5-12,22H,3-4,13-16H2,1-2H3,(H,23,24). The Labute approximate surface area is 145 Å². The Morgan fingerprint density at radius 1 is 0.875 bits per heavy atom. The molecule has 3 nitrogen and oxygen atoms in total. The van der Waals surface area contributed by atoms with Gasteiger partial charge in [0.1, 0.15) is 0 Å². The summed E-state index contributed by atoms with van der Waals surface area (Å²) in [6.45, 7) is 5.84. The Hall–Kier alpha value is -2.13. The third-order valence-corrected chi connectivity index (χ3v) is 4.23. The number of aryl methyl sites for hydroxylation is 2. The van der Waals surface area contributed by atoms with Crippen molar-refractivity contribution in [2.75, 3.05) is 18.4 Å². The van der Waals surface area contributed by atoms with Crippen molar-refractivity contribution in [1.29, 1.82) is 0 Å². The first-order valence-electron chi connectivity index (χ1n) is 8.89. The van der Waals surface area contributed by atoms with Crippen molar-refractivity contribution >= 4 is 11.6 Å². The summed E-state index contributed by atoms with van der Waals surface area (Å²) in [4.78, 5) is 12.2. The van der Waals surface area contributed by atoms with E-state index < -0.39 is 0 Å². The highest BCUT2D eigenvalue weighted by Crippen LogP contribution is 2.22. The molecule has 128 valence electrons. The van der Waals surface area contributed by atoms with Gasteiger partial charge < -0.3 is 10.6 Å². The molecule has 2 rings (SSSR count). The van der Waals surface area contributed by atoms with Crippen LogP contribution in [0.4, 0.5) is 5.69 Å². The van der Waals surface area contributed by atoms with Crippen molar-refractivity contribution in [2.45, 2.75) is 39.5 Å². The van der Waals surface area contributed by atoms with Gasteiger partial charge in [0.2, 0.25) is 5.91 Å². The van der Waals surface area contributed by atoms with Crippen molar-refractivity contribution in [3.05, 3.63) is 65.2 Å². The molecule has 2 aromatic carbocycles. The van der Waals surface area contributed by atoms with E-state index in [9.17, 15) is 4.79 Å². The molecular formula is C21H28N2O. The summed E-state index contributed by atoms with van der Waals surface area (Å²) in [6.07, 6.45) is 3.34. The van der Waals surface area contributed by atoms with Gasteiger partial charge in [-0.05, 0) is 42.5 Å². The van der Waals surface area contributed by atoms with E-state index in [4.69, 9.17) is 0 Å². The summed E-state index contributed by atoms with van der Waals surface area (Å²) < 4.78 is 0. The lowest BCUT2D eigenvalue weighted by molar-refractivity contribution is -0.116. The fourth-order valence-corrected chi connectivity index (χ4v) is 2.81. The molecule has 24 heavy (non-hydrogen) atoms. The van der Waals surface area contributed by atoms with Gasteiger partial charge in [0.15, 0.2) is 0 Å². The first-order valence-corrected chi connectivity index (χ1v) is 8.89. The highest BCUT2D eigenvalue weighted by atomic mass is 16.1. The van der Waals surface area contributed by atoms with E-state index in [1.807, 2.05) is 6.07 Å². The van der Waals surface area contributed by atoms with Crippen LogP contribution in [0.2, 0.25) is 0 Å². The lowest BCUT2D eigenvalue weighted by Gasteiger charge is -2.14. The Bertz CT molecular complexity index is 615. The third-order valence-electron chi connectivity index (χ3n) is 4.23. The molecule has 0 unspecified atom stereocenters. The van der Waals surface area contributed by atoms with Crippen LogP contribution in [-0.4, -0.2) is 19.0 Å². The van der Waals surface area contributed by atoms with Crippen LogP contribution in [0.15, 0.2) is 48.5 Å². The number of nitrogens with one attached hydrogen (secondary N) is 2. The third kappa shape index (κ3) is 5.50. The summed E-state index contributed by atoms with van der Waals surface area (Å²) in [5, 5.41) is 6.46. The second-order valence-electron chi connectivity index (χ2n) is 5.94. The monoisotopic (exact) mass is 324 g/mol. The molecule has 0 saturated carbocycles. The lowest BCUT2D eigenvalue weighted by atomic mass is 10.0. The van der Waals surface area contributed by atoms with Crippen molar-refractivity contribution in [3.8, 4) is 0 Å². The molecular weight excluding hydrogens is 296 g/mol. The topological polar surface area (TPSA) is 41.1 Å². The molecule has 1 amide bonds. The molecule has 0 radical (unpaired) electrons. The molecule has 0 aliphatic carbocycles. The molecule has 2 N–H and O–H groups in total.